The highest BCUT2D eigenvalue weighted by Crippen LogP contribution is 2.35. The lowest BCUT2D eigenvalue weighted by Gasteiger charge is -2.41. The number of nitrogens with one attached hydrogen (secondary N) is 1. The molecule has 2 heterocycles. The molecule has 0 bridgehead atoms. The average Bonchev–Trinajstić information content (AvgIpc) is 3.09. The maximum atomic E-state index is 13.3. The second-order valence-electron chi connectivity index (χ2n) is 7.11. The summed E-state index contributed by atoms with van der Waals surface area (Å²) in [6, 6.07) is 4.01. The molecule has 31 heavy (non-hydrogen) atoms. The van der Waals surface area contributed by atoms with E-state index in [0.717, 1.165) is 12.1 Å². The predicted molar refractivity (Wildman–Crippen MR) is 103 cm³/mol. The number of amides is 2. The summed E-state index contributed by atoms with van der Waals surface area (Å²) in [5.74, 6) is -0.558. The van der Waals surface area contributed by atoms with E-state index in [0.29, 0.717) is 11.5 Å². The molecule has 1 fully saturated rings. The van der Waals surface area contributed by atoms with Crippen molar-refractivity contribution in [1.29, 1.82) is 5.26 Å². The number of aryl methyl sites for hydroxylation is 2. The van der Waals surface area contributed by atoms with E-state index >= 15 is 0 Å². The first-order valence-corrected chi connectivity index (χ1v) is 9.40. The van der Waals surface area contributed by atoms with Crippen LogP contribution in [0, 0.1) is 25.2 Å². The van der Waals surface area contributed by atoms with Crippen molar-refractivity contribution in [2.45, 2.75) is 26.1 Å². The standard InChI is InChI=1S/C20H20F3N5O3/c1-11-17(12(2)31-26-11)19(30)28-7-6-27(10-16(28)18(29)25-3)14-5-4-13(9-24)15(8-14)20(21,22)23/h4-5,8,16H,6-7,10H2,1-3H3,(H,25,29). The summed E-state index contributed by atoms with van der Waals surface area (Å²) in [4.78, 5) is 28.6. The van der Waals surface area contributed by atoms with Crippen LogP contribution >= 0.6 is 0 Å². The summed E-state index contributed by atoms with van der Waals surface area (Å²) in [5.41, 5.74) is -0.656. The number of halogens is 3. The van der Waals surface area contributed by atoms with Gasteiger partial charge >= 0.3 is 6.18 Å². The molecule has 1 unspecified atom stereocenters. The summed E-state index contributed by atoms with van der Waals surface area (Å²) in [7, 11) is 1.42. The molecule has 1 N–H and O–H groups in total. The number of carbonyl (C=O) groups is 2. The normalized spacial score (nSPS) is 16.7. The van der Waals surface area contributed by atoms with Crippen LogP contribution < -0.4 is 10.2 Å². The number of alkyl halides is 3. The highest BCUT2D eigenvalue weighted by atomic mass is 19.4. The lowest BCUT2D eigenvalue weighted by Crippen LogP contribution is -2.60. The topological polar surface area (TPSA) is 102 Å². The van der Waals surface area contributed by atoms with Crippen molar-refractivity contribution >= 4 is 17.5 Å². The van der Waals surface area contributed by atoms with Crippen LogP contribution in [0.2, 0.25) is 0 Å². The van der Waals surface area contributed by atoms with Crippen molar-refractivity contribution in [3.05, 3.63) is 46.3 Å². The lowest BCUT2D eigenvalue weighted by atomic mass is 10.0. The van der Waals surface area contributed by atoms with Gasteiger partial charge in [0.05, 0.1) is 22.9 Å². The number of piperazine rings is 1. The molecule has 0 spiro atoms. The molecule has 164 valence electrons. The second-order valence-corrected chi connectivity index (χ2v) is 7.11. The van der Waals surface area contributed by atoms with E-state index in [1.54, 1.807) is 24.8 Å². The van der Waals surface area contributed by atoms with Crippen LogP contribution in [0.5, 0.6) is 0 Å². The van der Waals surface area contributed by atoms with E-state index in [1.807, 2.05) is 0 Å². The van der Waals surface area contributed by atoms with Crippen molar-refractivity contribution in [2.75, 3.05) is 31.6 Å². The Hall–Kier alpha value is -3.55. The highest BCUT2D eigenvalue weighted by molar-refractivity contribution is 5.99. The van der Waals surface area contributed by atoms with Crippen molar-refractivity contribution < 1.29 is 27.3 Å². The van der Waals surface area contributed by atoms with Crippen molar-refractivity contribution in [1.82, 2.24) is 15.4 Å². The molecule has 0 radical (unpaired) electrons. The fourth-order valence-corrected chi connectivity index (χ4v) is 3.64. The van der Waals surface area contributed by atoms with Crippen LogP contribution in [0.3, 0.4) is 0 Å². The number of hydrogen-bond acceptors (Lipinski definition) is 6. The number of nitriles is 1. The van der Waals surface area contributed by atoms with Gasteiger partial charge in [-0.2, -0.15) is 18.4 Å². The summed E-state index contributed by atoms with van der Waals surface area (Å²) in [5, 5.41) is 15.3. The summed E-state index contributed by atoms with van der Waals surface area (Å²) < 4.78 is 45.1. The number of benzene rings is 1. The molecule has 1 aliphatic rings. The maximum Gasteiger partial charge on any atom is 0.417 e. The number of likely N-dealkylation sites (N-methyl/N-ethyl adjacent to an activating group) is 1. The molecule has 0 aliphatic carbocycles. The largest absolute Gasteiger partial charge is 0.417 e. The molecule has 1 aromatic carbocycles. The molecule has 1 atom stereocenters. The van der Waals surface area contributed by atoms with Gasteiger partial charge in [-0.15, -0.1) is 0 Å². The summed E-state index contributed by atoms with van der Waals surface area (Å²) >= 11 is 0. The van der Waals surface area contributed by atoms with Crippen molar-refractivity contribution in [2.24, 2.45) is 0 Å². The van der Waals surface area contributed by atoms with Gasteiger partial charge in [-0.1, -0.05) is 5.16 Å². The third kappa shape index (κ3) is 4.19. The molecular formula is C20H20F3N5O3. The quantitative estimate of drug-likeness (QED) is 0.794. The van der Waals surface area contributed by atoms with Gasteiger partial charge in [-0.25, -0.2) is 0 Å². The highest BCUT2D eigenvalue weighted by Gasteiger charge is 2.39. The molecule has 1 saturated heterocycles. The third-order valence-electron chi connectivity index (χ3n) is 5.23. The first-order chi connectivity index (χ1) is 14.6. The van der Waals surface area contributed by atoms with Crippen molar-refractivity contribution in [3.63, 3.8) is 0 Å². The van der Waals surface area contributed by atoms with Gasteiger partial charge in [0.2, 0.25) is 5.91 Å². The molecule has 1 aliphatic heterocycles. The molecule has 3 rings (SSSR count). The van der Waals surface area contributed by atoms with Gasteiger partial charge in [0.1, 0.15) is 17.4 Å². The number of carbonyl (C=O) groups excluding carboxylic acids is 2. The fourth-order valence-electron chi connectivity index (χ4n) is 3.64. The Morgan fingerprint density at radius 3 is 2.55 bits per heavy atom. The smallest absolute Gasteiger partial charge is 0.367 e. The van der Waals surface area contributed by atoms with Crippen LogP contribution in [0.25, 0.3) is 0 Å². The van der Waals surface area contributed by atoms with Crippen molar-refractivity contribution in [3.8, 4) is 6.07 Å². The zero-order valence-corrected chi connectivity index (χ0v) is 17.1. The minimum absolute atomic E-state index is 0.0159. The Morgan fingerprint density at radius 2 is 2.00 bits per heavy atom. The van der Waals surface area contributed by atoms with E-state index in [-0.39, 0.29) is 30.9 Å². The second kappa shape index (κ2) is 8.29. The van der Waals surface area contributed by atoms with Gasteiger partial charge in [0.15, 0.2) is 0 Å². The number of nitrogens with zero attached hydrogens (tertiary/aromatic N) is 4. The fraction of sp³-hybridized carbons (Fsp3) is 0.400. The molecular weight excluding hydrogens is 415 g/mol. The van der Waals surface area contributed by atoms with Crippen LogP contribution in [0.1, 0.15) is 32.9 Å². The Balaban J connectivity index is 1.93. The van der Waals surface area contributed by atoms with Gasteiger partial charge in [-0.05, 0) is 32.0 Å². The SMILES string of the molecule is CNC(=O)C1CN(c2ccc(C#N)c(C(F)(F)F)c2)CCN1C(=O)c1c(C)noc1C. The third-order valence-corrected chi connectivity index (χ3v) is 5.23. The zero-order chi connectivity index (χ0) is 22.9. The number of anilines is 1. The summed E-state index contributed by atoms with van der Waals surface area (Å²) in [6.45, 7) is 3.49. The Kier molecular flexibility index (Phi) is 5.92. The van der Waals surface area contributed by atoms with Gasteiger partial charge < -0.3 is 19.6 Å². The number of rotatable bonds is 3. The molecule has 2 aromatic rings. The van der Waals surface area contributed by atoms with Gasteiger partial charge in [0, 0.05) is 32.4 Å². The monoisotopic (exact) mass is 435 g/mol. The van der Waals surface area contributed by atoms with E-state index in [2.05, 4.69) is 10.5 Å². The van der Waals surface area contributed by atoms with Crippen LogP contribution in [-0.2, 0) is 11.0 Å². The minimum Gasteiger partial charge on any atom is -0.367 e. The minimum atomic E-state index is -4.69. The van der Waals surface area contributed by atoms with E-state index in [9.17, 15) is 22.8 Å². The lowest BCUT2D eigenvalue weighted by molar-refractivity contribution is -0.137. The molecule has 2 amide bonds. The van der Waals surface area contributed by atoms with E-state index in [1.165, 1.54) is 18.0 Å². The van der Waals surface area contributed by atoms with E-state index < -0.39 is 35.2 Å². The van der Waals surface area contributed by atoms with Crippen LogP contribution in [0.15, 0.2) is 22.7 Å². The Bertz CT molecular complexity index is 1040. The zero-order valence-electron chi connectivity index (χ0n) is 17.1. The van der Waals surface area contributed by atoms with Crippen LogP contribution in [-0.4, -0.2) is 54.6 Å². The van der Waals surface area contributed by atoms with E-state index in [4.69, 9.17) is 9.78 Å². The predicted octanol–water partition coefficient (Wildman–Crippen LogP) is 2.26. The Morgan fingerprint density at radius 1 is 1.29 bits per heavy atom. The first-order valence-electron chi connectivity index (χ1n) is 9.40. The van der Waals surface area contributed by atoms with Gasteiger partial charge in [0.25, 0.3) is 5.91 Å². The van der Waals surface area contributed by atoms with Crippen LogP contribution in [0.4, 0.5) is 18.9 Å². The molecule has 0 saturated carbocycles. The Labute approximate surface area is 176 Å². The first kappa shape index (κ1) is 22.1. The number of aromatic nitrogens is 1. The molecule has 8 nitrogen and oxygen atoms in total. The maximum absolute atomic E-state index is 13.3. The summed E-state index contributed by atoms with van der Waals surface area (Å²) in [6.07, 6.45) is -4.69. The molecule has 1 aromatic heterocycles. The molecule has 11 heteroatoms. The van der Waals surface area contributed by atoms with Gasteiger partial charge in [-0.3, -0.25) is 9.59 Å². The number of hydrogen-bond donors (Lipinski definition) is 1. The average molecular weight is 435 g/mol.